The van der Waals surface area contributed by atoms with E-state index in [4.69, 9.17) is 0 Å². The first-order chi connectivity index (χ1) is 6.77. The van der Waals surface area contributed by atoms with E-state index in [1.807, 2.05) is 24.3 Å². The van der Waals surface area contributed by atoms with Gasteiger partial charge in [0.05, 0.1) is 0 Å². The second-order valence-electron chi connectivity index (χ2n) is 3.90. The fourth-order valence-electron chi connectivity index (χ4n) is 2.40. The molecule has 0 aromatic heterocycles. The van der Waals surface area contributed by atoms with Crippen LogP contribution >= 0.6 is 0 Å². The molecule has 2 aliphatic carbocycles. The summed E-state index contributed by atoms with van der Waals surface area (Å²) in [5, 5.41) is 9.44. The maximum absolute atomic E-state index is 11.6. The fraction of sp³-hybridized carbons (Fsp3) is 0.250. The zero-order chi connectivity index (χ0) is 9.71. The number of carbonyl (C=O) groups is 1. The molecular formula is C12H10O2. The molecule has 2 aliphatic rings. The van der Waals surface area contributed by atoms with Gasteiger partial charge < -0.3 is 5.11 Å². The van der Waals surface area contributed by atoms with E-state index < -0.39 is 6.10 Å². The van der Waals surface area contributed by atoms with Gasteiger partial charge >= 0.3 is 0 Å². The van der Waals surface area contributed by atoms with Gasteiger partial charge in [0.1, 0.15) is 6.10 Å². The van der Waals surface area contributed by atoms with Gasteiger partial charge in [-0.25, -0.2) is 0 Å². The molecule has 0 aliphatic heterocycles. The van der Waals surface area contributed by atoms with E-state index in [0.717, 1.165) is 23.1 Å². The summed E-state index contributed by atoms with van der Waals surface area (Å²) in [6.45, 7) is 0. The van der Waals surface area contributed by atoms with Crippen LogP contribution in [-0.2, 0) is 11.2 Å². The lowest BCUT2D eigenvalue weighted by molar-refractivity contribution is -0.120. The Morgan fingerprint density at radius 2 is 2.07 bits per heavy atom. The monoisotopic (exact) mass is 186 g/mol. The molecule has 1 N–H and O–H groups in total. The van der Waals surface area contributed by atoms with Crippen LogP contribution in [0.25, 0.3) is 5.57 Å². The SMILES string of the molecule is O=C1C2=C(Cc3ccccc32)CC1O. The smallest absolute Gasteiger partial charge is 0.192 e. The number of Topliss-reactive ketones (excluding diaryl/α,β-unsaturated/α-hetero) is 1. The number of hydrogen-bond donors (Lipinski definition) is 1. The van der Waals surface area contributed by atoms with Crippen LogP contribution in [0, 0.1) is 0 Å². The highest BCUT2D eigenvalue weighted by Crippen LogP contribution is 2.40. The molecule has 0 bridgehead atoms. The van der Waals surface area contributed by atoms with Crippen molar-refractivity contribution in [2.75, 3.05) is 0 Å². The summed E-state index contributed by atoms with van der Waals surface area (Å²) >= 11 is 0. The van der Waals surface area contributed by atoms with Crippen LogP contribution in [0.3, 0.4) is 0 Å². The molecule has 0 saturated carbocycles. The number of aliphatic hydroxyl groups is 1. The highest BCUT2D eigenvalue weighted by Gasteiger charge is 2.36. The van der Waals surface area contributed by atoms with Gasteiger partial charge in [-0.15, -0.1) is 0 Å². The van der Waals surface area contributed by atoms with Crippen molar-refractivity contribution in [1.82, 2.24) is 0 Å². The van der Waals surface area contributed by atoms with Crippen molar-refractivity contribution in [1.29, 1.82) is 0 Å². The van der Waals surface area contributed by atoms with Gasteiger partial charge in [-0.2, -0.15) is 0 Å². The Labute approximate surface area is 81.9 Å². The summed E-state index contributed by atoms with van der Waals surface area (Å²) in [6.07, 6.45) is 0.588. The molecule has 14 heavy (non-hydrogen) atoms. The zero-order valence-corrected chi connectivity index (χ0v) is 7.66. The number of benzene rings is 1. The summed E-state index contributed by atoms with van der Waals surface area (Å²) in [5.74, 6) is -0.0926. The van der Waals surface area contributed by atoms with Gasteiger partial charge in [-0.1, -0.05) is 29.8 Å². The van der Waals surface area contributed by atoms with E-state index >= 15 is 0 Å². The molecule has 0 heterocycles. The first-order valence-corrected chi connectivity index (χ1v) is 4.80. The molecule has 1 unspecified atom stereocenters. The summed E-state index contributed by atoms with van der Waals surface area (Å²) in [4.78, 5) is 11.6. The number of rotatable bonds is 0. The predicted octanol–water partition coefficient (Wildman–Crippen LogP) is 1.33. The van der Waals surface area contributed by atoms with Crippen molar-refractivity contribution in [3.63, 3.8) is 0 Å². The van der Waals surface area contributed by atoms with Crippen molar-refractivity contribution < 1.29 is 9.90 Å². The van der Waals surface area contributed by atoms with Gasteiger partial charge in [-0.05, 0) is 17.5 Å². The normalized spacial score (nSPS) is 24.1. The molecule has 0 fully saturated rings. The Morgan fingerprint density at radius 1 is 1.29 bits per heavy atom. The average Bonchev–Trinajstić information content (AvgIpc) is 2.65. The Kier molecular flexibility index (Phi) is 1.45. The topological polar surface area (TPSA) is 37.3 Å². The molecule has 0 amide bonds. The first kappa shape index (κ1) is 7.94. The Hall–Kier alpha value is -1.41. The maximum Gasteiger partial charge on any atom is 0.192 e. The third-order valence-corrected chi connectivity index (χ3v) is 3.03. The third kappa shape index (κ3) is 0.863. The summed E-state index contributed by atoms with van der Waals surface area (Å²) in [7, 11) is 0. The van der Waals surface area contributed by atoms with E-state index in [0.29, 0.717) is 6.42 Å². The minimum Gasteiger partial charge on any atom is -0.385 e. The molecule has 0 spiro atoms. The van der Waals surface area contributed by atoms with Crippen molar-refractivity contribution in [3.05, 3.63) is 41.0 Å². The van der Waals surface area contributed by atoms with Gasteiger partial charge in [0.15, 0.2) is 5.78 Å². The van der Waals surface area contributed by atoms with Crippen molar-refractivity contribution in [2.24, 2.45) is 0 Å². The Balaban J connectivity index is 2.17. The van der Waals surface area contributed by atoms with Gasteiger partial charge in [0.2, 0.25) is 0 Å². The molecule has 70 valence electrons. The molecule has 1 aromatic carbocycles. The fourth-order valence-corrected chi connectivity index (χ4v) is 2.40. The van der Waals surface area contributed by atoms with Crippen LogP contribution in [0.2, 0.25) is 0 Å². The van der Waals surface area contributed by atoms with Crippen molar-refractivity contribution >= 4 is 11.4 Å². The molecule has 2 heteroatoms. The quantitative estimate of drug-likeness (QED) is 0.663. The van der Waals surface area contributed by atoms with E-state index in [2.05, 4.69) is 0 Å². The van der Waals surface area contributed by atoms with Crippen molar-refractivity contribution in [3.8, 4) is 0 Å². The lowest BCUT2D eigenvalue weighted by Crippen LogP contribution is -2.15. The number of carbonyl (C=O) groups excluding carboxylic acids is 1. The Bertz CT molecular complexity index is 457. The largest absolute Gasteiger partial charge is 0.385 e. The lowest BCUT2D eigenvalue weighted by atomic mass is 10.0. The van der Waals surface area contributed by atoms with E-state index in [9.17, 15) is 9.90 Å². The van der Waals surface area contributed by atoms with E-state index in [1.54, 1.807) is 0 Å². The van der Waals surface area contributed by atoms with Crippen LogP contribution < -0.4 is 0 Å². The molecule has 0 saturated heterocycles. The van der Waals surface area contributed by atoms with Gasteiger partial charge in [0.25, 0.3) is 0 Å². The number of ketones is 1. The number of hydrogen-bond acceptors (Lipinski definition) is 2. The van der Waals surface area contributed by atoms with Crippen LogP contribution in [0.4, 0.5) is 0 Å². The highest BCUT2D eigenvalue weighted by atomic mass is 16.3. The Morgan fingerprint density at radius 3 is 2.93 bits per heavy atom. The molecule has 3 rings (SSSR count). The summed E-state index contributed by atoms with van der Waals surface area (Å²) in [5.41, 5.74) is 4.15. The summed E-state index contributed by atoms with van der Waals surface area (Å²) < 4.78 is 0. The number of fused-ring (bicyclic) bond motifs is 2. The minimum atomic E-state index is -0.784. The van der Waals surface area contributed by atoms with Crippen molar-refractivity contribution in [2.45, 2.75) is 18.9 Å². The highest BCUT2D eigenvalue weighted by molar-refractivity contribution is 6.27. The molecular weight excluding hydrogens is 176 g/mol. The van der Waals surface area contributed by atoms with E-state index in [-0.39, 0.29) is 5.78 Å². The van der Waals surface area contributed by atoms with Gasteiger partial charge in [0, 0.05) is 12.0 Å². The average molecular weight is 186 g/mol. The van der Waals surface area contributed by atoms with Gasteiger partial charge in [-0.3, -0.25) is 4.79 Å². The standard InChI is InChI=1S/C12H10O2/c13-10-6-8-5-7-3-1-2-4-9(7)11(8)12(10)14/h1-4,10,13H,5-6H2. The number of aliphatic hydroxyl groups excluding tert-OH is 1. The summed E-state index contributed by atoms with van der Waals surface area (Å²) in [6, 6.07) is 7.94. The van der Waals surface area contributed by atoms with Crippen LogP contribution in [0.15, 0.2) is 29.8 Å². The molecule has 1 aromatic rings. The third-order valence-electron chi connectivity index (χ3n) is 3.03. The predicted molar refractivity (Wildman–Crippen MR) is 52.7 cm³/mol. The van der Waals surface area contributed by atoms with E-state index in [1.165, 1.54) is 5.56 Å². The molecule has 0 radical (unpaired) electrons. The maximum atomic E-state index is 11.6. The van der Waals surface area contributed by atoms with Crippen LogP contribution in [-0.4, -0.2) is 17.0 Å². The second kappa shape index (κ2) is 2.55. The second-order valence-corrected chi connectivity index (χ2v) is 3.90. The molecule has 2 nitrogen and oxygen atoms in total. The zero-order valence-electron chi connectivity index (χ0n) is 7.66. The van der Waals surface area contributed by atoms with Crippen LogP contribution in [0.1, 0.15) is 17.5 Å². The lowest BCUT2D eigenvalue weighted by Gasteiger charge is -2.05. The molecule has 1 atom stereocenters. The minimum absolute atomic E-state index is 0.0926. The first-order valence-electron chi connectivity index (χ1n) is 4.80. The van der Waals surface area contributed by atoms with Crippen LogP contribution in [0.5, 0.6) is 0 Å².